The number of likely N-dealkylation sites (tertiary alicyclic amines) is 1. The summed E-state index contributed by atoms with van der Waals surface area (Å²) >= 11 is 0. The maximum absolute atomic E-state index is 12.8. The molecule has 3 rings (SSSR count). The molecule has 1 aliphatic heterocycles. The summed E-state index contributed by atoms with van der Waals surface area (Å²) < 4.78 is 77.0. The number of piperidine rings is 1. The van der Waals surface area contributed by atoms with E-state index in [9.17, 15) is 26.4 Å². The fourth-order valence-corrected chi connectivity index (χ4v) is 5.25. The molecule has 32 heavy (non-hydrogen) atoms. The minimum absolute atomic E-state index is 0.151. The molecule has 11 heteroatoms. The first kappa shape index (κ1) is 24.6. The molecule has 2 atom stereocenters. The van der Waals surface area contributed by atoms with Crippen LogP contribution >= 0.6 is 0 Å². The summed E-state index contributed by atoms with van der Waals surface area (Å²) in [4.78, 5) is 14.3. The third-order valence-electron chi connectivity index (χ3n) is 5.96. The van der Waals surface area contributed by atoms with Crippen molar-refractivity contribution in [2.75, 3.05) is 20.2 Å². The predicted octanol–water partition coefficient (Wildman–Crippen LogP) is 4.42. The van der Waals surface area contributed by atoms with Gasteiger partial charge in [0.15, 0.2) is 0 Å². The van der Waals surface area contributed by atoms with E-state index < -0.39 is 38.7 Å². The molecule has 2 bridgehead atoms. The minimum Gasteiger partial charge on any atom is -0.444 e. The molecule has 1 aliphatic carbocycles. The van der Waals surface area contributed by atoms with Gasteiger partial charge >= 0.3 is 21.7 Å². The summed E-state index contributed by atoms with van der Waals surface area (Å²) in [5, 5.41) is 0. The van der Waals surface area contributed by atoms with Crippen LogP contribution in [-0.2, 0) is 25.2 Å². The Balaban J connectivity index is 1.92. The zero-order chi connectivity index (χ0) is 23.9. The first-order chi connectivity index (χ1) is 14.7. The van der Waals surface area contributed by atoms with E-state index in [0.717, 1.165) is 25.3 Å². The Morgan fingerprint density at radius 2 is 1.72 bits per heavy atom. The number of rotatable bonds is 4. The molecule has 0 N–H and O–H groups in total. The van der Waals surface area contributed by atoms with Crippen LogP contribution in [0.15, 0.2) is 24.3 Å². The number of fused-ring (bicyclic) bond motifs is 2. The Kier molecular flexibility index (Phi) is 6.47. The van der Waals surface area contributed by atoms with Crippen molar-refractivity contribution in [1.82, 2.24) is 4.90 Å². The van der Waals surface area contributed by atoms with Crippen LogP contribution in [0.1, 0.15) is 45.6 Å². The van der Waals surface area contributed by atoms with E-state index in [-0.39, 0.29) is 11.8 Å². The topological polar surface area (TPSA) is 82.1 Å². The lowest BCUT2D eigenvalue weighted by atomic mass is 9.62. The second-order valence-electron chi connectivity index (χ2n) is 9.22. The molecule has 1 saturated carbocycles. The van der Waals surface area contributed by atoms with E-state index >= 15 is 0 Å². The fourth-order valence-electron chi connectivity index (χ4n) is 4.80. The van der Waals surface area contributed by atoms with Crippen LogP contribution in [0.25, 0.3) is 0 Å². The van der Waals surface area contributed by atoms with Gasteiger partial charge in [0.2, 0.25) is 0 Å². The van der Waals surface area contributed by atoms with Crippen molar-refractivity contribution in [2.24, 2.45) is 11.8 Å². The van der Waals surface area contributed by atoms with Crippen molar-refractivity contribution < 1.29 is 40.0 Å². The number of carbonyl (C=O) groups excluding carboxylic acids is 1. The molecule has 1 aromatic rings. The van der Waals surface area contributed by atoms with Crippen molar-refractivity contribution in [2.45, 2.75) is 56.7 Å². The second kappa shape index (κ2) is 8.40. The van der Waals surface area contributed by atoms with Crippen molar-refractivity contribution in [3.8, 4) is 5.75 Å². The van der Waals surface area contributed by atoms with Gasteiger partial charge in [0.1, 0.15) is 17.0 Å². The van der Waals surface area contributed by atoms with Crippen molar-refractivity contribution in [3.63, 3.8) is 0 Å². The number of alkyl halides is 3. The van der Waals surface area contributed by atoms with Crippen LogP contribution in [0.4, 0.5) is 18.0 Å². The van der Waals surface area contributed by atoms with Gasteiger partial charge in [0.25, 0.3) is 0 Å². The van der Waals surface area contributed by atoms with Crippen LogP contribution in [0.5, 0.6) is 5.75 Å². The monoisotopic (exact) mass is 479 g/mol. The van der Waals surface area contributed by atoms with Crippen LogP contribution in [0.3, 0.4) is 0 Å². The number of ether oxygens (including phenoxy) is 2. The highest BCUT2D eigenvalue weighted by Gasteiger charge is 2.55. The van der Waals surface area contributed by atoms with Gasteiger partial charge in [0, 0.05) is 32.0 Å². The highest BCUT2D eigenvalue weighted by atomic mass is 32.2. The van der Waals surface area contributed by atoms with E-state index in [1.54, 1.807) is 31.7 Å². The lowest BCUT2D eigenvalue weighted by Crippen LogP contribution is -2.60. The van der Waals surface area contributed by atoms with E-state index in [1.165, 1.54) is 19.2 Å². The molecule has 2 fully saturated rings. The number of halogens is 3. The Morgan fingerprint density at radius 1 is 1.12 bits per heavy atom. The highest BCUT2D eigenvalue weighted by Crippen LogP contribution is 2.52. The SMILES string of the molecule is COC1(c2cccc(OS(=O)(=O)C(F)(F)F)c2)C2CCCC1CN(C(=O)OC(C)(C)C)C2. The molecule has 1 saturated heterocycles. The third-order valence-corrected chi connectivity index (χ3v) is 6.94. The van der Waals surface area contributed by atoms with Gasteiger partial charge in [-0.2, -0.15) is 21.6 Å². The normalized spacial score (nSPS) is 26.5. The summed E-state index contributed by atoms with van der Waals surface area (Å²) in [5.74, 6) is -0.743. The maximum atomic E-state index is 12.8. The lowest BCUT2D eigenvalue weighted by molar-refractivity contribution is -0.166. The summed E-state index contributed by atoms with van der Waals surface area (Å²) in [7, 11) is -4.27. The van der Waals surface area contributed by atoms with Crippen molar-refractivity contribution in [3.05, 3.63) is 29.8 Å². The fraction of sp³-hybridized carbons (Fsp3) is 0.667. The molecular weight excluding hydrogens is 451 g/mol. The Morgan fingerprint density at radius 3 is 2.22 bits per heavy atom. The number of benzene rings is 1. The van der Waals surface area contributed by atoms with Crippen molar-refractivity contribution in [1.29, 1.82) is 0 Å². The standard InChI is InChI=1S/C21H28F3NO6S/c1-19(2,3)30-18(26)25-12-15-8-5-9-16(13-25)20(15,29-4)14-7-6-10-17(11-14)31-32(27,28)21(22,23)24/h6-7,10-11,15-16H,5,8-9,12-13H2,1-4H3. The summed E-state index contributed by atoms with van der Waals surface area (Å²) in [6, 6.07) is 5.56. The minimum atomic E-state index is -5.79. The van der Waals surface area contributed by atoms with Crippen LogP contribution < -0.4 is 4.18 Å². The molecule has 0 radical (unpaired) electrons. The molecule has 1 heterocycles. The van der Waals surface area contributed by atoms with Gasteiger partial charge in [-0.3, -0.25) is 0 Å². The molecule has 0 aromatic heterocycles. The second-order valence-corrected chi connectivity index (χ2v) is 10.8. The van der Waals surface area contributed by atoms with Gasteiger partial charge in [-0.1, -0.05) is 18.6 Å². The number of nitrogens with zero attached hydrogens (tertiary/aromatic N) is 1. The van der Waals surface area contributed by atoms with Crippen LogP contribution in [-0.4, -0.2) is 50.7 Å². The van der Waals surface area contributed by atoms with Gasteiger partial charge in [-0.05, 0) is 51.3 Å². The van der Waals surface area contributed by atoms with Gasteiger partial charge < -0.3 is 18.6 Å². The average Bonchev–Trinajstić information content (AvgIpc) is 2.64. The predicted molar refractivity (Wildman–Crippen MR) is 109 cm³/mol. The Labute approximate surface area is 185 Å². The molecule has 1 aromatic carbocycles. The number of hydrogen-bond acceptors (Lipinski definition) is 6. The summed E-state index contributed by atoms with van der Waals surface area (Å²) in [6.45, 7) is 6.07. The zero-order valence-corrected chi connectivity index (χ0v) is 19.3. The Bertz CT molecular complexity index is 943. The van der Waals surface area contributed by atoms with Gasteiger partial charge in [-0.25, -0.2) is 4.79 Å². The number of hydrogen-bond donors (Lipinski definition) is 0. The summed E-state index contributed by atoms with van der Waals surface area (Å²) in [5.41, 5.74) is -6.54. The van der Waals surface area contributed by atoms with E-state index in [2.05, 4.69) is 4.18 Å². The van der Waals surface area contributed by atoms with E-state index in [0.29, 0.717) is 18.7 Å². The molecule has 0 spiro atoms. The molecule has 180 valence electrons. The zero-order valence-electron chi connectivity index (χ0n) is 18.4. The van der Waals surface area contributed by atoms with Gasteiger partial charge in [-0.15, -0.1) is 0 Å². The average molecular weight is 480 g/mol. The highest BCUT2D eigenvalue weighted by molar-refractivity contribution is 7.88. The molecule has 2 unspecified atom stereocenters. The van der Waals surface area contributed by atoms with E-state index in [4.69, 9.17) is 9.47 Å². The smallest absolute Gasteiger partial charge is 0.444 e. The van der Waals surface area contributed by atoms with E-state index in [1.807, 2.05) is 0 Å². The Hall–Kier alpha value is -2.01. The summed E-state index contributed by atoms with van der Waals surface area (Å²) in [6.07, 6.45) is 1.96. The molecule has 2 aliphatic rings. The van der Waals surface area contributed by atoms with Crippen molar-refractivity contribution >= 4 is 16.2 Å². The quantitative estimate of drug-likeness (QED) is 0.470. The largest absolute Gasteiger partial charge is 0.534 e. The van der Waals surface area contributed by atoms with Gasteiger partial charge in [0.05, 0.1) is 0 Å². The number of amides is 1. The van der Waals surface area contributed by atoms with Crippen LogP contribution in [0, 0.1) is 11.8 Å². The van der Waals surface area contributed by atoms with Crippen LogP contribution in [0.2, 0.25) is 0 Å². The number of carbonyl (C=O) groups is 1. The first-order valence-electron chi connectivity index (χ1n) is 10.3. The maximum Gasteiger partial charge on any atom is 0.534 e. The third kappa shape index (κ3) is 4.68. The molecular formula is C21H28F3NO6S. The molecule has 7 nitrogen and oxygen atoms in total. The lowest BCUT2D eigenvalue weighted by Gasteiger charge is -2.55. The molecule has 1 amide bonds. The first-order valence-corrected chi connectivity index (χ1v) is 11.7. The number of methoxy groups -OCH3 is 1.